The molecule has 1 saturated heterocycles. The summed E-state index contributed by atoms with van der Waals surface area (Å²) in [5, 5.41) is 5.17. The molecule has 9 heteroatoms. The fraction of sp³-hybridized carbons (Fsp3) is 0.474. The number of nitrogens with zero attached hydrogens (tertiary/aromatic N) is 5. The van der Waals surface area contributed by atoms with Crippen molar-refractivity contribution in [1.82, 2.24) is 15.3 Å². The van der Waals surface area contributed by atoms with E-state index in [1.54, 1.807) is 0 Å². The summed E-state index contributed by atoms with van der Waals surface area (Å²) in [5.41, 5.74) is 1.75. The second kappa shape index (κ2) is 7.75. The second-order valence-electron chi connectivity index (χ2n) is 7.02. The molecule has 0 bridgehead atoms. The summed E-state index contributed by atoms with van der Waals surface area (Å²) < 4.78 is 24.8. The van der Waals surface area contributed by atoms with E-state index in [-0.39, 0.29) is 10.6 Å². The van der Waals surface area contributed by atoms with Gasteiger partial charge in [0.15, 0.2) is 15.7 Å². The molecule has 0 unspecified atom stereocenters. The molecular weight excluding hydrogens is 398 g/mol. The van der Waals surface area contributed by atoms with Gasteiger partial charge in [-0.25, -0.2) is 13.4 Å². The summed E-state index contributed by atoms with van der Waals surface area (Å²) in [5.74, 6) is 1.01. The van der Waals surface area contributed by atoms with E-state index in [0.29, 0.717) is 30.4 Å². The van der Waals surface area contributed by atoms with Gasteiger partial charge in [-0.2, -0.15) is 4.98 Å². The lowest BCUT2D eigenvalue weighted by molar-refractivity contribution is 0.598. The number of hydrogen-bond donors (Lipinski definition) is 0. The van der Waals surface area contributed by atoms with Crippen LogP contribution in [0.1, 0.15) is 19.0 Å². The first-order valence-electron chi connectivity index (χ1n) is 9.54. The molecular formula is C19H23ClN5O2S. The molecule has 4 rings (SSSR count). The van der Waals surface area contributed by atoms with Crippen molar-refractivity contribution in [2.45, 2.75) is 24.7 Å². The third-order valence-electron chi connectivity index (χ3n) is 5.06. The standard InChI is InChI=1S/C19H23ClN5O2S/c1-2-8-21-18-17-16(7-13-28(17,26)27)22-19(23-18)25-11-9-24(10-12-25)15-5-3-14(20)4-6-15/h3-6H,2,7-13H2,1H3. The summed E-state index contributed by atoms with van der Waals surface area (Å²) in [6, 6.07) is 7.84. The van der Waals surface area contributed by atoms with E-state index in [1.165, 1.54) is 0 Å². The number of hydrogen-bond acceptors (Lipinski definition) is 6. The summed E-state index contributed by atoms with van der Waals surface area (Å²) in [4.78, 5) is 13.8. The number of piperazine rings is 1. The van der Waals surface area contributed by atoms with Crippen molar-refractivity contribution in [2.75, 3.05) is 48.3 Å². The van der Waals surface area contributed by atoms with Crippen LogP contribution < -0.4 is 15.1 Å². The number of aromatic nitrogens is 2. The molecule has 2 aliphatic heterocycles. The molecule has 0 aliphatic carbocycles. The van der Waals surface area contributed by atoms with E-state index in [9.17, 15) is 8.42 Å². The van der Waals surface area contributed by atoms with Crippen molar-refractivity contribution in [3.05, 3.63) is 35.0 Å². The topological polar surface area (TPSA) is 80.5 Å². The molecule has 0 N–H and O–H groups in total. The van der Waals surface area contributed by atoms with Crippen molar-refractivity contribution in [1.29, 1.82) is 0 Å². The van der Waals surface area contributed by atoms with Gasteiger partial charge in [-0.05, 0) is 30.7 Å². The average molecular weight is 421 g/mol. The van der Waals surface area contributed by atoms with Crippen LogP contribution in [-0.4, -0.2) is 56.9 Å². The molecule has 1 aromatic carbocycles. The van der Waals surface area contributed by atoms with Gasteiger partial charge in [0, 0.05) is 49.9 Å². The molecule has 149 valence electrons. The molecule has 0 atom stereocenters. The Labute approximate surface area is 170 Å². The summed E-state index contributed by atoms with van der Waals surface area (Å²) in [6.07, 6.45) is 1.28. The van der Waals surface area contributed by atoms with E-state index in [0.717, 1.165) is 43.3 Å². The number of halogens is 1. The van der Waals surface area contributed by atoms with Crippen molar-refractivity contribution < 1.29 is 8.42 Å². The maximum Gasteiger partial charge on any atom is 0.227 e. The highest BCUT2D eigenvalue weighted by Gasteiger charge is 2.34. The van der Waals surface area contributed by atoms with Crippen LogP contribution in [0.3, 0.4) is 0 Å². The van der Waals surface area contributed by atoms with Crippen LogP contribution in [-0.2, 0) is 16.3 Å². The van der Waals surface area contributed by atoms with Gasteiger partial charge in [0.05, 0.1) is 11.4 Å². The lowest BCUT2D eigenvalue weighted by atomic mass is 10.2. The van der Waals surface area contributed by atoms with E-state index in [1.807, 2.05) is 31.2 Å². The third-order valence-corrected chi connectivity index (χ3v) is 7.10. The Hall–Kier alpha value is -2.06. The molecule has 0 saturated carbocycles. The van der Waals surface area contributed by atoms with Gasteiger partial charge in [-0.3, -0.25) is 5.32 Å². The Bertz CT molecular complexity index is 957. The van der Waals surface area contributed by atoms with Crippen LogP contribution in [0, 0.1) is 0 Å². The molecule has 7 nitrogen and oxygen atoms in total. The molecule has 0 amide bonds. The zero-order valence-corrected chi connectivity index (χ0v) is 17.4. The Balaban J connectivity index is 1.54. The molecule has 28 heavy (non-hydrogen) atoms. The van der Waals surface area contributed by atoms with Gasteiger partial charge >= 0.3 is 0 Å². The molecule has 1 radical (unpaired) electrons. The quantitative estimate of drug-likeness (QED) is 0.739. The normalized spacial score (nSPS) is 18.2. The lowest BCUT2D eigenvalue weighted by Crippen LogP contribution is -2.47. The summed E-state index contributed by atoms with van der Waals surface area (Å²) >= 11 is 5.98. The molecule has 2 aliphatic rings. The van der Waals surface area contributed by atoms with Crippen LogP contribution in [0.2, 0.25) is 5.02 Å². The average Bonchev–Trinajstić information content (AvgIpc) is 3.02. The van der Waals surface area contributed by atoms with Crippen LogP contribution in [0.15, 0.2) is 29.2 Å². The first-order valence-corrected chi connectivity index (χ1v) is 11.6. The van der Waals surface area contributed by atoms with E-state index in [2.05, 4.69) is 25.1 Å². The van der Waals surface area contributed by atoms with Crippen LogP contribution in [0.25, 0.3) is 0 Å². The Kier molecular flexibility index (Phi) is 5.33. The molecule has 2 aromatic rings. The SMILES string of the molecule is CCC[N]c1nc(N2CCN(c3ccc(Cl)cc3)CC2)nc2c1S(=O)(=O)CC2. The minimum atomic E-state index is -3.32. The van der Waals surface area contributed by atoms with Crippen molar-refractivity contribution in [2.24, 2.45) is 0 Å². The minimum Gasteiger partial charge on any atom is -0.368 e. The smallest absolute Gasteiger partial charge is 0.227 e. The third kappa shape index (κ3) is 3.75. The lowest BCUT2D eigenvalue weighted by Gasteiger charge is -2.36. The van der Waals surface area contributed by atoms with Gasteiger partial charge in [0.25, 0.3) is 0 Å². The number of benzene rings is 1. The van der Waals surface area contributed by atoms with E-state index >= 15 is 0 Å². The Morgan fingerprint density at radius 1 is 1.07 bits per heavy atom. The number of rotatable bonds is 5. The van der Waals surface area contributed by atoms with Crippen LogP contribution in [0.4, 0.5) is 17.5 Å². The predicted octanol–water partition coefficient (Wildman–Crippen LogP) is 2.43. The van der Waals surface area contributed by atoms with Crippen molar-refractivity contribution >= 4 is 38.9 Å². The number of aryl methyl sites for hydroxylation is 1. The number of fused-ring (bicyclic) bond motifs is 1. The van der Waals surface area contributed by atoms with Gasteiger partial charge in [0.1, 0.15) is 4.90 Å². The zero-order valence-electron chi connectivity index (χ0n) is 15.8. The molecule has 1 fully saturated rings. The van der Waals surface area contributed by atoms with Crippen molar-refractivity contribution in [3.8, 4) is 0 Å². The Morgan fingerprint density at radius 2 is 1.75 bits per heavy atom. The largest absolute Gasteiger partial charge is 0.368 e. The van der Waals surface area contributed by atoms with Crippen LogP contribution in [0.5, 0.6) is 0 Å². The second-order valence-corrected chi connectivity index (χ2v) is 9.51. The number of sulfone groups is 1. The highest BCUT2D eigenvalue weighted by atomic mass is 35.5. The maximum atomic E-state index is 12.4. The summed E-state index contributed by atoms with van der Waals surface area (Å²) in [6.45, 7) is 5.77. The highest BCUT2D eigenvalue weighted by Crippen LogP contribution is 2.32. The van der Waals surface area contributed by atoms with Gasteiger partial charge in [-0.15, -0.1) is 0 Å². The van der Waals surface area contributed by atoms with Crippen LogP contribution >= 0.6 is 11.6 Å². The monoisotopic (exact) mass is 420 g/mol. The fourth-order valence-corrected chi connectivity index (χ4v) is 5.26. The molecule has 3 heterocycles. The van der Waals surface area contributed by atoms with Gasteiger partial charge < -0.3 is 9.80 Å². The Morgan fingerprint density at radius 3 is 2.43 bits per heavy atom. The maximum absolute atomic E-state index is 12.4. The predicted molar refractivity (Wildman–Crippen MR) is 111 cm³/mol. The summed E-state index contributed by atoms with van der Waals surface area (Å²) in [7, 11) is -3.32. The molecule has 0 spiro atoms. The first kappa shape index (κ1) is 19.3. The minimum absolute atomic E-state index is 0.0967. The highest BCUT2D eigenvalue weighted by molar-refractivity contribution is 7.91. The van der Waals surface area contributed by atoms with E-state index in [4.69, 9.17) is 11.6 Å². The van der Waals surface area contributed by atoms with Crippen molar-refractivity contribution in [3.63, 3.8) is 0 Å². The van der Waals surface area contributed by atoms with E-state index < -0.39 is 9.84 Å². The van der Waals surface area contributed by atoms with Gasteiger partial charge in [0.2, 0.25) is 5.95 Å². The molecule has 1 aromatic heterocycles. The zero-order chi connectivity index (χ0) is 19.7. The fourth-order valence-electron chi connectivity index (χ4n) is 3.57. The number of anilines is 2. The first-order chi connectivity index (χ1) is 13.5. The van der Waals surface area contributed by atoms with Gasteiger partial charge in [-0.1, -0.05) is 18.5 Å².